The van der Waals surface area contributed by atoms with Crippen LogP contribution in [-0.4, -0.2) is 17.4 Å². The Hall–Kier alpha value is -2.28. The molecule has 0 unspecified atom stereocenters. The van der Waals surface area contributed by atoms with Crippen LogP contribution < -0.4 is 5.32 Å². The lowest BCUT2D eigenvalue weighted by atomic mass is 10.1. The third-order valence-electron chi connectivity index (χ3n) is 3.57. The molecule has 0 atom stereocenters. The molecule has 0 bridgehead atoms. The number of nitriles is 1. The summed E-state index contributed by atoms with van der Waals surface area (Å²) in [7, 11) is 0. The van der Waals surface area contributed by atoms with E-state index >= 15 is 0 Å². The number of benzene rings is 1. The van der Waals surface area contributed by atoms with Gasteiger partial charge in [0.05, 0.1) is 6.07 Å². The van der Waals surface area contributed by atoms with E-state index in [1.165, 1.54) is 5.56 Å². The van der Waals surface area contributed by atoms with E-state index in [9.17, 15) is 4.79 Å². The first-order chi connectivity index (χ1) is 9.63. The lowest BCUT2D eigenvalue weighted by Gasteiger charge is -2.05. The van der Waals surface area contributed by atoms with E-state index in [1.807, 2.05) is 25.1 Å². The Labute approximate surface area is 118 Å². The quantitative estimate of drug-likeness (QED) is 0.818. The van der Waals surface area contributed by atoms with Crippen molar-refractivity contribution in [3.05, 3.63) is 35.0 Å². The highest BCUT2D eigenvalue weighted by molar-refractivity contribution is 5.99. The molecule has 0 aliphatic carbocycles. The Morgan fingerprint density at radius 3 is 2.90 bits per heavy atom. The van der Waals surface area contributed by atoms with E-state index in [0.29, 0.717) is 18.5 Å². The van der Waals surface area contributed by atoms with Crippen molar-refractivity contribution in [1.82, 2.24) is 10.3 Å². The summed E-state index contributed by atoms with van der Waals surface area (Å²) in [5.74, 6) is -0.0536. The molecule has 0 aliphatic rings. The molecule has 0 fully saturated rings. The third-order valence-corrected chi connectivity index (χ3v) is 3.57. The smallest absolute Gasteiger partial charge is 0.251 e. The zero-order valence-corrected chi connectivity index (χ0v) is 11.9. The number of aromatic amines is 1. The largest absolute Gasteiger partial charge is 0.358 e. The standard InChI is InChI=1S/C16H19N3O/c1-11-12(2)19-15-7-6-13(10-14(11)15)16(20)18-9-5-3-4-8-17/h6-7,10,19H,3-5,9H2,1-2H3,(H,18,20). The number of fused-ring (bicyclic) bond motifs is 1. The number of aromatic nitrogens is 1. The molecule has 0 aliphatic heterocycles. The molecule has 0 radical (unpaired) electrons. The molecule has 2 N–H and O–H groups in total. The lowest BCUT2D eigenvalue weighted by Crippen LogP contribution is -2.24. The second-order valence-electron chi connectivity index (χ2n) is 5.01. The number of nitrogens with zero attached hydrogens (tertiary/aromatic N) is 1. The molecule has 2 aromatic rings. The molecule has 0 saturated carbocycles. The number of carbonyl (C=O) groups excluding carboxylic acids is 1. The Bertz CT molecular complexity index is 664. The fourth-order valence-corrected chi connectivity index (χ4v) is 2.24. The number of aryl methyl sites for hydroxylation is 2. The minimum Gasteiger partial charge on any atom is -0.358 e. The van der Waals surface area contributed by atoms with Crippen molar-refractivity contribution < 1.29 is 4.79 Å². The maximum atomic E-state index is 12.1. The van der Waals surface area contributed by atoms with Crippen LogP contribution in [-0.2, 0) is 0 Å². The molecule has 2 rings (SSSR count). The zero-order valence-electron chi connectivity index (χ0n) is 11.9. The van der Waals surface area contributed by atoms with E-state index in [1.54, 1.807) is 0 Å². The number of hydrogen-bond acceptors (Lipinski definition) is 2. The summed E-state index contributed by atoms with van der Waals surface area (Å²) in [5, 5.41) is 12.4. The van der Waals surface area contributed by atoms with Gasteiger partial charge in [-0.1, -0.05) is 0 Å². The predicted octanol–water partition coefficient (Wildman–Crippen LogP) is 3.21. The molecule has 104 valence electrons. The van der Waals surface area contributed by atoms with Crippen LogP contribution in [0, 0.1) is 25.2 Å². The number of amides is 1. The van der Waals surface area contributed by atoms with Crippen molar-refractivity contribution in [2.75, 3.05) is 6.54 Å². The van der Waals surface area contributed by atoms with Gasteiger partial charge < -0.3 is 10.3 Å². The fourth-order valence-electron chi connectivity index (χ4n) is 2.24. The van der Waals surface area contributed by atoms with E-state index in [-0.39, 0.29) is 5.91 Å². The Balaban J connectivity index is 2.03. The average Bonchev–Trinajstić information content (AvgIpc) is 2.73. The lowest BCUT2D eigenvalue weighted by molar-refractivity contribution is 0.0953. The maximum absolute atomic E-state index is 12.1. The van der Waals surface area contributed by atoms with E-state index in [4.69, 9.17) is 5.26 Å². The summed E-state index contributed by atoms with van der Waals surface area (Å²) in [6.07, 6.45) is 2.21. The topological polar surface area (TPSA) is 68.7 Å². The van der Waals surface area contributed by atoms with Gasteiger partial charge in [-0.25, -0.2) is 0 Å². The summed E-state index contributed by atoms with van der Waals surface area (Å²) in [4.78, 5) is 15.3. The van der Waals surface area contributed by atoms with Gasteiger partial charge in [0.15, 0.2) is 0 Å². The number of unbranched alkanes of at least 4 members (excludes halogenated alkanes) is 2. The fraction of sp³-hybridized carbons (Fsp3) is 0.375. The summed E-state index contributed by atoms with van der Waals surface area (Å²) >= 11 is 0. The molecule has 1 aromatic carbocycles. The monoisotopic (exact) mass is 269 g/mol. The summed E-state index contributed by atoms with van der Waals surface area (Å²) in [6.45, 7) is 4.70. The van der Waals surface area contributed by atoms with E-state index in [0.717, 1.165) is 29.4 Å². The van der Waals surface area contributed by atoms with Gasteiger partial charge in [0.1, 0.15) is 0 Å². The molecule has 4 nitrogen and oxygen atoms in total. The molecule has 1 amide bonds. The highest BCUT2D eigenvalue weighted by Gasteiger charge is 2.09. The second kappa shape index (κ2) is 6.25. The normalized spacial score (nSPS) is 10.4. The second-order valence-corrected chi connectivity index (χ2v) is 5.01. The number of H-pyrrole nitrogens is 1. The Morgan fingerprint density at radius 1 is 1.35 bits per heavy atom. The maximum Gasteiger partial charge on any atom is 0.251 e. The highest BCUT2D eigenvalue weighted by Crippen LogP contribution is 2.22. The molecular weight excluding hydrogens is 250 g/mol. The first-order valence-corrected chi connectivity index (χ1v) is 6.87. The number of carbonyl (C=O) groups is 1. The molecule has 20 heavy (non-hydrogen) atoms. The Kier molecular flexibility index (Phi) is 4.41. The van der Waals surface area contributed by atoms with Crippen LogP contribution in [0.1, 0.15) is 40.9 Å². The van der Waals surface area contributed by atoms with Crippen LogP contribution in [0.3, 0.4) is 0 Å². The molecule has 1 aromatic heterocycles. The minimum atomic E-state index is -0.0536. The third kappa shape index (κ3) is 3.00. The summed E-state index contributed by atoms with van der Waals surface area (Å²) in [5.41, 5.74) is 4.06. The zero-order chi connectivity index (χ0) is 14.5. The van der Waals surface area contributed by atoms with Crippen LogP contribution in [0.4, 0.5) is 0 Å². The van der Waals surface area contributed by atoms with Crippen molar-refractivity contribution in [2.24, 2.45) is 0 Å². The van der Waals surface area contributed by atoms with Crippen LogP contribution >= 0.6 is 0 Å². The van der Waals surface area contributed by atoms with Gasteiger partial charge in [-0.2, -0.15) is 5.26 Å². The van der Waals surface area contributed by atoms with Crippen molar-refractivity contribution >= 4 is 16.8 Å². The van der Waals surface area contributed by atoms with Gasteiger partial charge in [-0.15, -0.1) is 0 Å². The minimum absolute atomic E-state index is 0.0536. The molecule has 1 heterocycles. The van der Waals surface area contributed by atoms with Gasteiger partial charge in [0.25, 0.3) is 5.91 Å². The van der Waals surface area contributed by atoms with E-state index < -0.39 is 0 Å². The Morgan fingerprint density at radius 2 is 2.15 bits per heavy atom. The number of rotatable bonds is 5. The van der Waals surface area contributed by atoms with Crippen molar-refractivity contribution in [3.63, 3.8) is 0 Å². The first kappa shape index (κ1) is 14.1. The van der Waals surface area contributed by atoms with Gasteiger partial charge >= 0.3 is 0 Å². The first-order valence-electron chi connectivity index (χ1n) is 6.87. The van der Waals surface area contributed by atoms with Gasteiger partial charge in [-0.05, 0) is 50.5 Å². The van der Waals surface area contributed by atoms with Crippen molar-refractivity contribution in [2.45, 2.75) is 33.1 Å². The van der Waals surface area contributed by atoms with Crippen LogP contribution in [0.5, 0.6) is 0 Å². The van der Waals surface area contributed by atoms with Crippen LogP contribution in [0.15, 0.2) is 18.2 Å². The SMILES string of the molecule is Cc1[nH]c2ccc(C(=O)NCCCCC#N)cc2c1C. The van der Waals surface area contributed by atoms with Crippen molar-refractivity contribution in [3.8, 4) is 6.07 Å². The van der Waals surface area contributed by atoms with Crippen LogP contribution in [0.2, 0.25) is 0 Å². The molecule has 0 spiro atoms. The average molecular weight is 269 g/mol. The molecule has 4 heteroatoms. The van der Waals surface area contributed by atoms with Gasteiger partial charge in [0, 0.05) is 35.1 Å². The number of hydrogen-bond donors (Lipinski definition) is 2. The van der Waals surface area contributed by atoms with Crippen LogP contribution in [0.25, 0.3) is 10.9 Å². The molecular formula is C16H19N3O. The molecule has 0 saturated heterocycles. The summed E-state index contributed by atoms with van der Waals surface area (Å²) < 4.78 is 0. The van der Waals surface area contributed by atoms with Crippen molar-refractivity contribution in [1.29, 1.82) is 5.26 Å². The van der Waals surface area contributed by atoms with Gasteiger partial charge in [-0.3, -0.25) is 4.79 Å². The predicted molar refractivity (Wildman–Crippen MR) is 79.6 cm³/mol. The highest BCUT2D eigenvalue weighted by atomic mass is 16.1. The summed E-state index contributed by atoms with van der Waals surface area (Å²) in [6, 6.07) is 7.81. The number of nitrogens with one attached hydrogen (secondary N) is 2. The van der Waals surface area contributed by atoms with E-state index in [2.05, 4.69) is 23.3 Å². The van der Waals surface area contributed by atoms with Gasteiger partial charge in [0.2, 0.25) is 0 Å².